The van der Waals surface area contributed by atoms with Crippen molar-refractivity contribution in [3.63, 3.8) is 0 Å². The lowest BCUT2D eigenvalue weighted by Gasteiger charge is -2.06. The number of rotatable bonds is 7. The molecule has 0 spiro atoms. The number of methoxy groups -OCH3 is 1. The van der Waals surface area contributed by atoms with Crippen molar-refractivity contribution >= 4 is 21.4 Å². The van der Waals surface area contributed by atoms with Crippen molar-refractivity contribution in [3.05, 3.63) is 38.4 Å². The van der Waals surface area contributed by atoms with Gasteiger partial charge in [-0.25, -0.2) is 13.1 Å². The molecule has 11 heteroatoms. The summed E-state index contributed by atoms with van der Waals surface area (Å²) in [5, 5.41) is 21.4. The van der Waals surface area contributed by atoms with Crippen LogP contribution in [0, 0.1) is 20.2 Å². The Bertz CT molecular complexity index is 628. The molecule has 0 fully saturated rings. The number of hydrogen-bond acceptors (Lipinski definition) is 7. The van der Waals surface area contributed by atoms with Gasteiger partial charge in [-0.05, 0) is 6.07 Å². The zero-order valence-electron chi connectivity index (χ0n) is 10.3. The third-order valence-electron chi connectivity index (χ3n) is 2.24. The van der Waals surface area contributed by atoms with Gasteiger partial charge in [-0.15, -0.1) is 0 Å². The Morgan fingerprint density at radius 2 is 1.90 bits per heavy atom. The second-order valence-corrected chi connectivity index (χ2v) is 5.29. The van der Waals surface area contributed by atoms with Crippen LogP contribution in [0.3, 0.4) is 0 Å². The molecule has 0 saturated carbocycles. The van der Waals surface area contributed by atoms with Crippen LogP contribution in [0.1, 0.15) is 0 Å². The van der Waals surface area contributed by atoms with Crippen molar-refractivity contribution in [2.75, 3.05) is 20.3 Å². The lowest BCUT2D eigenvalue weighted by atomic mass is 10.3. The zero-order chi connectivity index (χ0) is 15.3. The molecule has 0 unspecified atom stereocenters. The largest absolute Gasteiger partial charge is 0.383 e. The van der Waals surface area contributed by atoms with Gasteiger partial charge in [0.1, 0.15) is 0 Å². The van der Waals surface area contributed by atoms with Gasteiger partial charge in [0.15, 0.2) is 4.90 Å². The van der Waals surface area contributed by atoms with Crippen molar-refractivity contribution in [2.45, 2.75) is 4.90 Å². The Morgan fingerprint density at radius 1 is 1.25 bits per heavy atom. The lowest BCUT2D eigenvalue weighted by Crippen LogP contribution is -2.27. The number of nitro groups is 2. The molecule has 1 aromatic carbocycles. The quantitative estimate of drug-likeness (QED) is 0.437. The van der Waals surface area contributed by atoms with E-state index in [2.05, 4.69) is 9.46 Å². The highest BCUT2D eigenvalue weighted by molar-refractivity contribution is 7.89. The monoisotopic (exact) mass is 305 g/mol. The highest BCUT2D eigenvalue weighted by atomic mass is 32.2. The average molecular weight is 305 g/mol. The van der Waals surface area contributed by atoms with E-state index in [9.17, 15) is 28.6 Å². The molecule has 0 aliphatic carbocycles. The van der Waals surface area contributed by atoms with Crippen molar-refractivity contribution in [3.8, 4) is 0 Å². The lowest BCUT2D eigenvalue weighted by molar-refractivity contribution is -0.396. The molecule has 1 N–H and O–H groups in total. The van der Waals surface area contributed by atoms with Gasteiger partial charge in [0.25, 0.3) is 11.4 Å². The molecule has 0 aromatic heterocycles. The summed E-state index contributed by atoms with van der Waals surface area (Å²) in [6, 6.07) is 2.31. The predicted octanol–water partition coefficient (Wildman–Crippen LogP) is 0.428. The van der Waals surface area contributed by atoms with E-state index in [0.29, 0.717) is 6.07 Å². The number of nitrogens with one attached hydrogen (secondary N) is 1. The molecule has 1 rings (SSSR count). The molecule has 0 atom stereocenters. The summed E-state index contributed by atoms with van der Waals surface area (Å²) in [4.78, 5) is 18.9. The van der Waals surface area contributed by atoms with Crippen LogP contribution >= 0.6 is 0 Å². The summed E-state index contributed by atoms with van der Waals surface area (Å²) in [5.74, 6) is 0. The highest BCUT2D eigenvalue weighted by Crippen LogP contribution is 2.27. The van der Waals surface area contributed by atoms with Crippen molar-refractivity contribution in [1.82, 2.24) is 4.72 Å². The molecular weight excluding hydrogens is 294 g/mol. The average Bonchev–Trinajstić information content (AvgIpc) is 2.38. The molecule has 20 heavy (non-hydrogen) atoms. The molecule has 0 radical (unpaired) electrons. The second kappa shape index (κ2) is 6.36. The topological polar surface area (TPSA) is 142 Å². The van der Waals surface area contributed by atoms with E-state index in [4.69, 9.17) is 0 Å². The number of non-ortho nitro benzene ring substituents is 1. The first-order chi connectivity index (χ1) is 9.29. The van der Waals surface area contributed by atoms with Crippen LogP contribution in [0.25, 0.3) is 0 Å². The summed E-state index contributed by atoms with van der Waals surface area (Å²) < 4.78 is 30.5. The van der Waals surface area contributed by atoms with Gasteiger partial charge < -0.3 is 4.74 Å². The Labute approximate surface area is 113 Å². The van der Waals surface area contributed by atoms with Gasteiger partial charge in [-0.1, -0.05) is 0 Å². The minimum Gasteiger partial charge on any atom is -0.383 e. The molecule has 0 bridgehead atoms. The molecule has 1 aromatic rings. The summed E-state index contributed by atoms with van der Waals surface area (Å²) in [5.41, 5.74) is -1.42. The Hall–Kier alpha value is -2.11. The Balaban J connectivity index is 3.23. The number of hydrogen-bond donors (Lipinski definition) is 1. The summed E-state index contributed by atoms with van der Waals surface area (Å²) in [6.45, 7) is 0.00693. The van der Waals surface area contributed by atoms with Crippen LogP contribution in [-0.4, -0.2) is 38.5 Å². The van der Waals surface area contributed by atoms with Crippen molar-refractivity contribution in [2.24, 2.45) is 0 Å². The first-order valence-electron chi connectivity index (χ1n) is 5.21. The summed E-state index contributed by atoms with van der Waals surface area (Å²) in [6.07, 6.45) is 0. The molecule has 10 nitrogen and oxygen atoms in total. The third-order valence-corrected chi connectivity index (χ3v) is 3.75. The van der Waals surface area contributed by atoms with Gasteiger partial charge >= 0.3 is 0 Å². The van der Waals surface area contributed by atoms with E-state index in [1.54, 1.807) is 0 Å². The van der Waals surface area contributed by atoms with E-state index < -0.39 is 36.1 Å². The summed E-state index contributed by atoms with van der Waals surface area (Å²) >= 11 is 0. The molecule has 0 aliphatic heterocycles. The van der Waals surface area contributed by atoms with E-state index in [-0.39, 0.29) is 13.2 Å². The highest BCUT2D eigenvalue weighted by Gasteiger charge is 2.28. The van der Waals surface area contributed by atoms with Gasteiger partial charge in [0.05, 0.1) is 22.5 Å². The first kappa shape index (κ1) is 15.9. The smallest absolute Gasteiger partial charge is 0.296 e. The predicted molar refractivity (Wildman–Crippen MR) is 66.8 cm³/mol. The van der Waals surface area contributed by atoms with Crippen LogP contribution in [0.15, 0.2) is 23.1 Å². The van der Waals surface area contributed by atoms with Crippen LogP contribution in [-0.2, 0) is 14.8 Å². The SMILES string of the molecule is COCCNS(=O)(=O)c1ccc([N+](=O)[O-])cc1[N+](=O)[O-]. The number of benzene rings is 1. The number of nitrogens with zero attached hydrogens (tertiary/aromatic N) is 2. The maximum Gasteiger partial charge on any atom is 0.296 e. The van der Waals surface area contributed by atoms with Crippen molar-refractivity contribution < 1.29 is 23.0 Å². The van der Waals surface area contributed by atoms with E-state index in [1.807, 2.05) is 0 Å². The van der Waals surface area contributed by atoms with Crippen LogP contribution in [0.5, 0.6) is 0 Å². The Morgan fingerprint density at radius 3 is 2.40 bits per heavy atom. The van der Waals surface area contributed by atoms with Crippen LogP contribution in [0.4, 0.5) is 11.4 Å². The molecule has 0 heterocycles. The van der Waals surface area contributed by atoms with Gasteiger partial charge in [0.2, 0.25) is 10.0 Å². The summed E-state index contributed by atoms with van der Waals surface area (Å²) in [7, 11) is -2.78. The van der Waals surface area contributed by atoms with Crippen LogP contribution in [0.2, 0.25) is 0 Å². The number of nitro benzene ring substituents is 2. The third kappa shape index (κ3) is 3.69. The van der Waals surface area contributed by atoms with Crippen molar-refractivity contribution in [1.29, 1.82) is 0 Å². The fourth-order valence-electron chi connectivity index (χ4n) is 1.35. The van der Waals surface area contributed by atoms with E-state index >= 15 is 0 Å². The maximum absolute atomic E-state index is 11.9. The van der Waals surface area contributed by atoms with E-state index in [0.717, 1.165) is 12.1 Å². The normalized spacial score (nSPS) is 11.2. The van der Waals surface area contributed by atoms with Crippen LogP contribution < -0.4 is 4.72 Å². The Kier molecular flexibility index (Phi) is 5.07. The van der Waals surface area contributed by atoms with Gasteiger partial charge in [-0.3, -0.25) is 20.2 Å². The number of sulfonamides is 1. The van der Waals surface area contributed by atoms with Gasteiger partial charge in [0, 0.05) is 19.7 Å². The molecule has 0 amide bonds. The fraction of sp³-hybridized carbons (Fsp3) is 0.333. The maximum atomic E-state index is 11.9. The molecule has 0 saturated heterocycles. The minimum atomic E-state index is -4.14. The second-order valence-electron chi connectivity index (χ2n) is 3.56. The fourth-order valence-corrected chi connectivity index (χ4v) is 2.51. The molecule has 0 aliphatic rings. The standard InChI is InChI=1S/C9H11N3O7S/c1-19-5-4-10-20(17,18)9-3-2-7(11(13)14)6-8(9)12(15)16/h2-3,6,10H,4-5H2,1H3. The molecular formula is C9H11N3O7S. The molecule has 110 valence electrons. The van der Waals surface area contributed by atoms with E-state index in [1.165, 1.54) is 7.11 Å². The first-order valence-corrected chi connectivity index (χ1v) is 6.69. The van der Waals surface area contributed by atoms with Gasteiger partial charge in [-0.2, -0.15) is 0 Å². The zero-order valence-corrected chi connectivity index (χ0v) is 11.1. The minimum absolute atomic E-state index is 0.0764. The number of ether oxygens (including phenoxy) is 1.